The van der Waals surface area contributed by atoms with Gasteiger partial charge >= 0.3 is 0 Å². The molecule has 7 nitrogen and oxygen atoms in total. The third-order valence-electron chi connectivity index (χ3n) is 5.01. The van der Waals surface area contributed by atoms with E-state index in [0.29, 0.717) is 5.88 Å². The molecule has 0 unspecified atom stereocenters. The summed E-state index contributed by atoms with van der Waals surface area (Å²) < 4.78 is 25.4. The predicted octanol–water partition coefficient (Wildman–Crippen LogP) is 2.36. The number of methoxy groups -OCH3 is 2. The molecule has 1 saturated heterocycles. The first-order chi connectivity index (χ1) is 14.0. The zero-order chi connectivity index (χ0) is 20.9. The molecule has 0 saturated carbocycles. The number of amides is 2. The largest absolute Gasteiger partial charge is 0.481 e. The molecule has 2 heterocycles. The Morgan fingerprint density at radius 1 is 1.10 bits per heavy atom. The minimum absolute atomic E-state index is 0.0642. The van der Waals surface area contributed by atoms with Crippen molar-refractivity contribution in [1.29, 1.82) is 0 Å². The molecule has 2 amide bonds. The van der Waals surface area contributed by atoms with Crippen molar-refractivity contribution in [2.24, 2.45) is 0 Å². The van der Waals surface area contributed by atoms with Crippen molar-refractivity contribution in [3.05, 3.63) is 53.6 Å². The zero-order valence-electron chi connectivity index (χ0n) is 16.5. The van der Waals surface area contributed by atoms with Gasteiger partial charge in [0.2, 0.25) is 11.8 Å². The number of piperidine rings is 1. The van der Waals surface area contributed by atoms with E-state index in [-0.39, 0.29) is 49.8 Å². The normalized spacial score (nSPS) is 15.5. The molecular weight excluding hydrogens is 377 g/mol. The molecule has 29 heavy (non-hydrogen) atoms. The molecule has 1 aliphatic rings. The first kappa shape index (κ1) is 20.6. The van der Waals surface area contributed by atoms with Crippen molar-refractivity contribution in [3.8, 4) is 11.8 Å². The van der Waals surface area contributed by atoms with Gasteiger partial charge in [0.15, 0.2) is 5.67 Å². The quantitative estimate of drug-likeness (QED) is 0.804. The highest BCUT2D eigenvalue weighted by molar-refractivity contribution is 5.96. The van der Waals surface area contributed by atoms with E-state index in [9.17, 15) is 9.59 Å². The lowest BCUT2D eigenvalue weighted by Gasteiger charge is -2.35. The number of pyridine rings is 1. The Labute approximate surface area is 168 Å². The van der Waals surface area contributed by atoms with Crippen molar-refractivity contribution in [2.45, 2.75) is 25.1 Å². The fourth-order valence-corrected chi connectivity index (χ4v) is 3.25. The Bertz CT molecular complexity index is 867. The van der Waals surface area contributed by atoms with Gasteiger partial charge < -0.3 is 19.7 Å². The lowest BCUT2D eigenvalue weighted by atomic mass is 9.92. The predicted molar refractivity (Wildman–Crippen MR) is 105 cm³/mol. The average molecular weight is 401 g/mol. The summed E-state index contributed by atoms with van der Waals surface area (Å²) in [5.74, 6) is -0.483. The molecule has 154 valence electrons. The van der Waals surface area contributed by atoms with Gasteiger partial charge in [0.25, 0.3) is 11.8 Å². The molecule has 1 aliphatic heterocycles. The lowest BCUT2D eigenvalue weighted by molar-refractivity contribution is -0.135. The molecule has 1 fully saturated rings. The molecule has 0 atom stereocenters. The molecule has 3 rings (SSSR count). The highest BCUT2D eigenvalue weighted by atomic mass is 19.1. The van der Waals surface area contributed by atoms with E-state index in [1.807, 2.05) is 30.3 Å². The smallest absolute Gasteiger partial charge is 0.259 e. The second kappa shape index (κ2) is 8.89. The minimum Gasteiger partial charge on any atom is -0.481 e. The maximum atomic E-state index is 15.1. The number of rotatable bonds is 6. The van der Waals surface area contributed by atoms with Crippen molar-refractivity contribution in [1.82, 2.24) is 15.2 Å². The van der Waals surface area contributed by atoms with Gasteiger partial charge in [-0.3, -0.25) is 9.59 Å². The molecule has 0 spiro atoms. The summed E-state index contributed by atoms with van der Waals surface area (Å²) in [4.78, 5) is 30.8. The second-order valence-corrected chi connectivity index (χ2v) is 6.84. The number of hydrogen-bond donors (Lipinski definition) is 1. The van der Waals surface area contributed by atoms with Crippen LogP contribution in [0.1, 0.15) is 28.8 Å². The lowest BCUT2D eigenvalue weighted by Crippen LogP contribution is -2.52. The Morgan fingerprint density at radius 3 is 2.41 bits per heavy atom. The number of alkyl halides is 1. The molecule has 0 aliphatic carbocycles. The highest BCUT2D eigenvalue weighted by Gasteiger charge is 2.42. The van der Waals surface area contributed by atoms with Crippen molar-refractivity contribution < 1.29 is 23.5 Å². The number of benzene rings is 1. The maximum Gasteiger partial charge on any atom is 0.259 e. The summed E-state index contributed by atoms with van der Waals surface area (Å²) >= 11 is 0. The highest BCUT2D eigenvalue weighted by Crippen LogP contribution is 2.29. The Kier molecular flexibility index (Phi) is 6.31. The van der Waals surface area contributed by atoms with E-state index in [4.69, 9.17) is 9.47 Å². The van der Waals surface area contributed by atoms with Gasteiger partial charge in [-0.15, -0.1) is 0 Å². The standard InChI is InChI=1S/C21H24FN3O4/c1-28-17-9-8-16(18(24-17)29-2)19(26)25-12-10-21(22,11-13-25)20(27)23-14-15-6-4-3-5-7-15/h3-9H,10-14H2,1-2H3,(H,23,27). The summed E-state index contributed by atoms with van der Waals surface area (Å²) in [6, 6.07) is 12.5. The van der Waals surface area contributed by atoms with Crippen LogP contribution < -0.4 is 14.8 Å². The van der Waals surface area contributed by atoms with Crippen LogP contribution >= 0.6 is 0 Å². The van der Waals surface area contributed by atoms with E-state index in [1.54, 1.807) is 12.1 Å². The number of halogens is 1. The van der Waals surface area contributed by atoms with Gasteiger partial charge in [-0.1, -0.05) is 30.3 Å². The second-order valence-electron chi connectivity index (χ2n) is 6.84. The Hall–Kier alpha value is -3.16. The van der Waals surface area contributed by atoms with Crippen LogP contribution in [0.2, 0.25) is 0 Å². The molecule has 0 bridgehead atoms. The van der Waals surface area contributed by atoms with Crippen molar-refractivity contribution in [2.75, 3.05) is 27.3 Å². The average Bonchev–Trinajstić information content (AvgIpc) is 2.77. The number of aromatic nitrogens is 1. The van der Waals surface area contributed by atoms with Crippen molar-refractivity contribution in [3.63, 3.8) is 0 Å². The van der Waals surface area contributed by atoms with Gasteiger partial charge in [0, 0.05) is 38.5 Å². The summed E-state index contributed by atoms with van der Waals surface area (Å²) in [7, 11) is 2.88. The molecule has 1 aromatic carbocycles. The molecule has 1 N–H and O–H groups in total. The zero-order valence-corrected chi connectivity index (χ0v) is 16.5. The third-order valence-corrected chi connectivity index (χ3v) is 5.01. The summed E-state index contributed by atoms with van der Waals surface area (Å²) in [5, 5.41) is 2.65. The van der Waals surface area contributed by atoms with Crippen LogP contribution in [0, 0.1) is 0 Å². The number of carbonyl (C=O) groups is 2. The number of ether oxygens (including phenoxy) is 2. The first-order valence-corrected chi connectivity index (χ1v) is 9.36. The molecular formula is C21H24FN3O4. The van der Waals surface area contributed by atoms with Crippen LogP contribution in [0.4, 0.5) is 4.39 Å². The minimum atomic E-state index is -1.99. The van der Waals surface area contributed by atoms with Gasteiger partial charge in [-0.05, 0) is 11.6 Å². The van der Waals surface area contributed by atoms with Crippen LogP contribution in [-0.4, -0.2) is 54.7 Å². The topological polar surface area (TPSA) is 80.8 Å². The van der Waals surface area contributed by atoms with Crippen LogP contribution in [0.5, 0.6) is 11.8 Å². The molecule has 1 aromatic heterocycles. The monoisotopic (exact) mass is 401 g/mol. The van der Waals surface area contributed by atoms with E-state index < -0.39 is 11.6 Å². The van der Waals surface area contributed by atoms with Crippen LogP contribution in [0.15, 0.2) is 42.5 Å². The van der Waals surface area contributed by atoms with Crippen LogP contribution in [-0.2, 0) is 11.3 Å². The Balaban J connectivity index is 1.60. The number of carbonyl (C=O) groups excluding carboxylic acids is 2. The van der Waals surface area contributed by atoms with Gasteiger partial charge in [0.1, 0.15) is 5.56 Å². The van der Waals surface area contributed by atoms with E-state index >= 15 is 4.39 Å². The van der Waals surface area contributed by atoms with E-state index in [2.05, 4.69) is 10.3 Å². The van der Waals surface area contributed by atoms with Gasteiger partial charge in [0.05, 0.1) is 14.2 Å². The fraction of sp³-hybridized carbons (Fsp3) is 0.381. The Morgan fingerprint density at radius 2 is 1.79 bits per heavy atom. The molecule has 8 heteroatoms. The number of likely N-dealkylation sites (tertiary alicyclic amines) is 1. The van der Waals surface area contributed by atoms with E-state index in [0.717, 1.165) is 5.56 Å². The summed E-state index contributed by atoms with van der Waals surface area (Å²) in [6.07, 6.45) is -0.128. The van der Waals surface area contributed by atoms with Crippen molar-refractivity contribution >= 4 is 11.8 Å². The molecule has 0 radical (unpaired) electrons. The maximum absolute atomic E-state index is 15.1. The van der Waals surface area contributed by atoms with Gasteiger partial charge in [-0.2, -0.15) is 4.98 Å². The molecule has 2 aromatic rings. The SMILES string of the molecule is COc1ccc(C(=O)N2CCC(F)(C(=O)NCc3ccccc3)CC2)c(OC)n1. The number of nitrogens with zero attached hydrogens (tertiary/aromatic N) is 2. The van der Waals surface area contributed by atoms with Gasteiger partial charge in [-0.25, -0.2) is 4.39 Å². The van der Waals surface area contributed by atoms with Crippen LogP contribution in [0.3, 0.4) is 0 Å². The van der Waals surface area contributed by atoms with E-state index in [1.165, 1.54) is 19.1 Å². The van der Waals surface area contributed by atoms with Crippen LogP contribution in [0.25, 0.3) is 0 Å². The number of nitrogens with one attached hydrogen (secondary N) is 1. The fourth-order valence-electron chi connectivity index (χ4n) is 3.25. The summed E-state index contributed by atoms with van der Waals surface area (Å²) in [6.45, 7) is 0.523. The third kappa shape index (κ3) is 4.64. The first-order valence-electron chi connectivity index (χ1n) is 9.36. The summed E-state index contributed by atoms with van der Waals surface area (Å²) in [5.41, 5.74) is -0.822. The number of hydrogen-bond acceptors (Lipinski definition) is 5.